The van der Waals surface area contributed by atoms with Gasteiger partial charge in [-0.05, 0) is 50.4 Å². The molecule has 21 heavy (non-hydrogen) atoms. The second-order valence-electron chi connectivity index (χ2n) is 5.82. The fraction of sp³-hybridized carbons (Fsp3) is 0.562. The van der Waals surface area contributed by atoms with Crippen LogP contribution in [0.3, 0.4) is 0 Å². The number of hydrogen-bond acceptors (Lipinski definition) is 3. The van der Waals surface area contributed by atoms with Crippen LogP contribution in [0.4, 0.5) is 5.69 Å². The van der Waals surface area contributed by atoms with Crippen molar-refractivity contribution < 1.29 is 4.79 Å². The van der Waals surface area contributed by atoms with Crippen LogP contribution in [0.15, 0.2) is 22.7 Å². The second-order valence-corrected chi connectivity index (χ2v) is 6.67. The molecule has 0 spiro atoms. The van der Waals surface area contributed by atoms with E-state index in [9.17, 15) is 4.79 Å². The first-order chi connectivity index (χ1) is 10.0. The summed E-state index contributed by atoms with van der Waals surface area (Å²) in [5.74, 6) is 0.271. The lowest BCUT2D eigenvalue weighted by Gasteiger charge is -2.33. The molecule has 0 saturated carbocycles. The van der Waals surface area contributed by atoms with Gasteiger partial charge in [-0.1, -0.05) is 22.0 Å². The van der Waals surface area contributed by atoms with E-state index >= 15 is 0 Å². The van der Waals surface area contributed by atoms with Crippen LogP contribution < -0.4 is 16.0 Å². The van der Waals surface area contributed by atoms with Crippen LogP contribution in [0.5, 0.6) is 0 Å². The van der Waals surface area contributed by atoms with E-state index in [-0.39, 0.29) is 5.91 Å². The second kappa shape index (κ2) is 7.27. The summed E-state index contributed by atoms with van der Waals surface area (Å²) in [6, 6.07) is 6.88. The van der Waals surface area contributed by atoms with E-state index in [1.54, 1.807) is 0 Å². The highest BCUT2D eigenvalue weighted by atomic mass is 79.9. The highest BCUT2D eigenvalue weighted by molar-refractivity contribution is 9.10. The van der Waals surface area contributed by atoms with E-state index in [0.717, 1.165) is 30.4 Å². The summed E-state index contributed by atoms with van der Waals surface area (Å²) < 4.78 is 1.14. The summed E-state index contributed by atoms with van der Waals surface area (Å²) in [5, 5.41) is 3.26. The molecule has 1 amide bonds. The Kier molecular flexibility index (Phi) is 5.65. The third-order valence-electron chi connectivity index (χ3n) is 4.35. The van der Waals surface area contributed by atoms with Gasteiger partial charge in [-0.3, -0.25) is 4.79 Å². The van der Waals surface area contributed by atoms with Crippen molar-refractivity contribution in [3.05, 3.63) is 28.2 Å². The van der Waals surface area contributed by atoms with Crippen LogP contribution in [-0.4, -0.2) is 26.0 Å². The molecule has 1 aliphatic rings. The minimum atomic E-state index is -0.179. The number of benzene rings is 1. The highest BCUT2D eigenvalue weighted by Crippen LogP contribution is 2.31. The number of piperidine rings is 1. The van der Waals surface area contributed by atoms with Crippen molar-refractivity contribution in [1.82, 2.24) is 5.32 Å². The van der Waals surface area contributed by atoms with E-state index in [4.69, 9.17) is 5.73 Å². The van der Waals surface area contributed by atoms with Crippen molar-refractivity contribution in [2.24, 2.45) is 11.7 Å². The van der Waals surface area contributed by atoms with Crippen molar-refractivity contribution in [3.63, 3.8) is 0 Å². The SMILES string of the molecule is CNC(C)c1ccc(N2CCC(CC(N)=O)CC2)cc1Br. The average molecular weight is 354 g/mol. The normalized spacial score (nSPS) is 17.8. The van der Waals surface area contributed by atoms with Gasteiger partial charge in [-0.2, -0.15) is 0 Å². The monoisotopic (exact) mass is 353 g/mol. The van der Waals surface area contributed by atoms with Gasteiger partial charge in [0.25, 0.3) is 0 Å². The topological polar surface area (TPSA) is 58.4 Å². The van der Waals surface area contributed by atoms with Crippen molar-refractivity contribution in [2.45, 2.75) is 32.2 Å². The van der Waals surface area contributed by atoms with E-state index in [1.165, 1.54) is 11.3 Å². The van der Waals surface area contributed by atoms with Crippen LogP contribution in [0, 0.1) is 5.92 Å². The number of anilines is 1. The van der Waals surface area contributed by atoms with Crippen molar-refractivity contribution >= 4 is 27.5 Å². The Morgan fingerprint density at radius 3 is 2.67 bits per heavy atom. The highest BCUT2D eigenvalue weighted by Gasteiger charge is 2.21. The van der Waals surface area contributed by atoms with Crippen LogP contribution in [0.25, 0.3) is 0 Å². The van der Waals surface area contributed by atoms with Crippen molar-refractivity contribution in [1.29, 1.82) is 0 Å². The predicted octanol–water partition coefficient (Wildman–Crippen LogP) is 2.82. The van der Waals surface area contributed by atoms with Gasteiger partial charge < -0.3 is 16.0 Å². The first-order valence-corrected chi connectivity index (χ1v) is 8.30. The molecule has 2 rings (SSSR count). The summed E-state index contributed by atoms with van der Waals surface area (Å²) in [6.45, 7) is 4.13. The largest absolute Gasteiger partial charge is 0.371 e. The van der Waals surface area contributed by atoms with Gasteiger partial charge >= 0.3 is 0 Å². The number of nitrogens with zero attached hydrogens (tertiary/aromatic N) is 1. The maximum atomic E-state index is 11.0. The van der Waals surface area contributed by atoms with Gasteiger partial charge in [0.05, 0.1) is 0 Å². The molecule has 1 aromatic rings. The average Bonchev–Trinajstić information content (AvgIpc) is 2.46. The summed E-state index contributed by atoms with van der Waals surface area (Å²) in [5.41, 5.74) is 7.79. The molecule has 116 valence electrons. The summed E-state index contributed by atoms with van der Waals surface area (Å²) >= 11 is 3.67. The minimum Gasteiger partial charge on any atom is -0.371 e. The fourth-order valence-corrected chi connectivity index (χ4v) is 3.61. The molecular weight excluding hydrogens is 330 g/mol. The molecule has 0 aliphatic carbocycles. The van der Waals surface area contributed by atoms with Gasteiger partial charge in [-0.25, -0.2) is 0 Å². The third kappa shape index (κ3) is 4.20. The maximum absolute atomic E-state index is 11.0. The molecule has 5 heteroatoms. The molecule has 1 atom stereocenters. The number of amides is 1. The molecule has 1 aromatic carbocycles. The minimum absolute atomic E-state index is 0.179. The quantitative estimate of drug-likeness (QED) is 0.855. The van der Waals surface area contributed by atoms with Crippen LogP contribution in [0.2, 0.25) is 0 Å². The van der Waals surface area contributed by atoms with Crippen molar-refractivity contribution in [3.8, 4) is 0 Å². The van der Waals surface area contributed by atoms with E-state index in [1.807, 2.05) is 7.05 Å². The lowest BCUT2D eigenvalue weighted by molar-refractivity contribution is -0.119. The molecule has 0 aromatic heterocycles. The third-order valence-corrected chi connectivity index (χ3v) is 5.04. The Bertz CT molecular complexity index is 498. The molecule has 1 saturated heterocycles. The Balaban J connectivity index is 2.01. The molecular formula is C16H24BrN3O. The lowest BCUT2D eigenvalue weighted by Crippen LogP contribution is -2.35. The lowest BCUT2D eigenvalue weighted by atomic mass is 9.93. The molecule has 1 fully saturated rings. The zero-order valence-electron chi connectivity index (χ0n) is 12.7. The van der Waals surface area contributed by atoms with E-state index in [0.29, 0.717) is 18.4 Å². The fourth-order valence-electron chi connectivity index (χ4n) is 2.90. The zero-order chi connectivity index (χ0) is 15.4. The van der Waals surface area contributed by atoms with Gasteiger partial charge in [0, 0.05) is 35.7 Å². The first kappa shape index (κ1) is 16.3. The molecule has 0 radical (unpaired) electrons. The number of carbonyl (C=O) groups is 1. The van der Waals surface area contributed by atoms with Crippen LogP contribution in [0.1, 0.15) is 37.8 Å². The maximum Gasteiger partial charge on any atom is 0.217 e. The van der Waals surface area contributed by atoms with E-state index < -0.39 is 0 Å². The van der Waals surface area contributed by atoms with Gasteiger partial charge in [-0.15, -0.1) is 0 Å². The summed E-state index contributed by atoms with van der Waals surface area (Å²) in [7, 11) is 1.97. The van der Waals surface area contributed by atoms with Gasteiger partial charge in [0.1, 0.15) is 0 Å². The standard InChI is InChI=1S/C16H24BrN3O/c1-11(19-2)14-4-3-13(10-15(14)17)20-7-5-12(6-8-20)9-16(18)21/h3-4,10-12,19H,5-9H2,1-2H3,(H2,18,21). The first-order valence-electron chi connectivity index (χ1n) is 7.51. The van der Waals surface area contributed by atoms with Gasteiger partial charge in [0.15, 0.2) is 0 Å². The Hall–Kier alpha value is -1.07. The molecule has 1 heterocycles. The Labute approximate surface area is 135 Å². The molecule has 1 unspecified atom stereocenters. The molecule has 0 bridgehead atoms. The zero-order valence-corrected chi connectivity index (χ0v) is 14.3. The van der Waals surface area contributed by atoms with Crippen molar-refractivity contribution in [2.75, 3.05) is 25.0 Å². The number of halogens is 1. The number of carbonyl (C=O) groups excluding carboxylic acids is 1. The predicted molar refractivity (Wildman–Crippen MR) is 90.4 cm³/mol. The molecule has 1 aliphatic heterocycles. The van der Waals surface area contributed by atoms with Crippen LogP contribution >= 0.6 is 15.9 Å². The Morgan fingerprint density at radius 1 is 1.48 bits per heavy atom. The summed E-state index contributed by atoms with van der Waals surface area (Å²) in [6.07, 6.45) is 2.60. The Morgan fingerprint density at radius 2 is 2.14 bits per heavy atom. The number of primary amides is 1. The van der Waals surface area contributed by atoms with Gasteiger partial charge in [0.2, 0.25) is 5.91 Å². The number of rotatable bonds is 5. The van der Waals surface area contributed by atoms with E-state index in [2.05, 4.69) is 51.3 Å². The molecule has 3 N–H and O–H groups in total. The summed E-state index contributed by atoms with van der Waals surface area (Å²) in [4.78, 5) is 13.4. The molecule has 4 nitrogen and oxygen atoms in total. The smallest absolute Gasteiger partial charge is 0.217 e. The number of nitrogens with one attached hydrogen (secondary N) is 1. The van der Waals surface area contributed by atoms with Crippen LogP contribution in [-0.2, 0) is 4.79 Å². The number of hydrogen-bond donors (Lipinski definition) is 2. The number of nitrogens with two attached hydrogens (primary N) is 1.